The number of hydrogen-bond donors (Lipinski definition) is 2. The smallest absolute Gasteiger partial charge is 0.229 e. The Kier molecular flexibility index (Phi) is 5.02. The molecule has 0 bridgehead atoms. The van der Waals surface area contributed by atoms with Crippen molar-refractivity contribution in [3.05, 3.63) is 59.7 Å². The zero-order chi connectivity index (χ0) is 19.5. The molecule has 2 N–H and O–H groups in total. The minimum atomic E-state index is -0.0314. The van der Waals surface area contributed by atoms with Crippen LogP contribution >= 0.6 is 0 Å². The molecule has 0 fully saturated rings. The molecule has 2 aromatic carbocycles. The van der Waals surface area contributed by atoms with Crippen LogP contribution in [0.1, 0.15) is 17.5 Å². The number of benzene rings is 2. The van der Waals surface area contributed by atoms with Crippen molar-refractivity contribution in [1.82, 2.24) is 10.2 Å². The van der Waals surface area contributed by atoms with E-state index in [9.17, 15) is 4.79 Å². The van der Waals surface area contributed by atoms with Gasteiger partial charge < -0.3 is 14.8 Å². The standard InChI is InChI=1S/C22H23N3O3/c1-27-19-10-9-16(12-20(19)28-2)18-13-21(25-24-18)23-22(26)17-8-7-14-5-3-4-6-15(14)11-17/h3-6,9-10,12-13,17H,7-8,11H2,1-2H3,(H2,23,24,25,26). The topological polar surface area (TPSA) is 76.2 Å². The minimum Gasteiger partial charge on any atom is -0.493 e. The number of ether oxygens (including phenoxy) is 2. The largest absolute Gasteiger partial charge is 0.493 e. The number of carbonyl (C=O) groups is 1. The number of nitrogens with one attached hydrogen (secondary N) is 2. The lowest BCUT2D eigenvalue weighted by Crippen LogP contribution is -2.28. The maximum absolute atomic E-state index is 12.7. The molecule has 0 saturated heterocycles. The maximum Gasteiger partial charge on any atom is 0.229 e. The van der Waals surface area contributed by atoms with Gasteiger partial charge in [0, 0.05) is 17.5 Å². The lowest BCUT2D eigenvalue weighted by molar-refractivity contribution is -0.120. The van der Waals surface area contributed by atoms with Gasteiger partial charge in [-0.05, 0) is 48.6 Å². The summed E-state index contributed by atoms with van der Waals surface area (Å²) in [6, 6.07) is 15.8. The van der Waals surface area contributed by atoms with E-state index in [-0.39, 0.29) is 11.8 Å². The van der Waals surface area contributed by atoms with Crippen molar-refractivity contribution in [3.63, 3.8) is 0 Å². The van der Waals surface area contributed by atoms with E-state index in [1.54, 1.807) is 14.2 Å². The number of carbonyl (C=O) groups excluding carboxylic acids is 1. The predicted octanol–water partition coefficient (Wildman–Crippen LogP) is 3.84. The van der Waals surface area contributed by atoms with Crippen LogP contribution in [0.25, 0.3) is 11.3 Å². The van der Waals surface area contributed by atoms with E-state index in [1.165, 1.54) is 11.1 Å². The summed E-state index contributed by atoms with van der Waals surface area (Å²) in [6.07, 6.45) is 2.57. The second-order valence-corrected chi connectivity index (χ2v) is 6.93. The molecular weight excluding hydrogens is 354 g/mol. The summed E-state index contributed by atoms with van der Waals surface area (Å²) in [5.74, 6) is 1.81. The van der Waals surface area contributed by atoms with Crippen LogP contribution in [0, 0.1) is 5.92 Å². The van der Waals surface area contributed by atoms with E-state index in [4.69, 9.17) is 9.47 Å². The summed E-state index contributed by atoms with van der Waals surface area (Å²) in [7, 11) is 3.20. The molecule has 0 spiro atoms. The molecule has 0 radical (unpaired) electrons. The van der Waals surface area contributed by atoms with E-state index in [1.807, 2.05) is 30.3 Å². The Morgan fingerprint density at radius 2 is 1.86 bits per heavy atom. The number of aromatic amines is 1. The second-order valence-electron chi connectivity index (χ2n) is 6.93. The Balaban J connectivity index is 1.46. The van der Waals surface area contributed by atoms with E-state index in [2.05, 4.69) is 33.7 Å². The molecule has 0 aliphatic heterocycles. The van der Waals surface area contributed by atoms with Crippen LogP contribution in [-0.4, -0.2) is 30.3 Å². The molecule has 0 saturated carbocycles. The molecule has 6 heteroatoms. The molecule has 1 aromatic heterocycles. The number of nitrogens with zero attached hydrogens (tertiary/aromatic N) is 1. The van der Waals surface area contributed by atoms with Crippen LogP contribution in [0.5, 0.6) is 11.5 Å². The summed E-state index contributed by atoms with van der Waals surface area (Å²) < 4.78 is 10.6. The van der Waals surface area contributed by atoms with Crippen molar-refractivity contribution in [2.45, 2.75) is 19.3 Å². The minimum absolute atomic E-state index is 0.0138. The second kappa shape index (κ2) is 7.76. The van der Waals surface area contributed by atoms with Crippen molar-refractivity contribution in [2.75, 3.05) is 19.5 Å². The Bertz CT molecular complexity index is 996. The van der Waals surface area contributed by atoms with Crippen LogP contribution in [0.15, 0.2) is 48.5 Å². The Labute approximate surface area is 163 Å². The zero-order valence-electron chi connectivity index (χ0n) is 16.0. The van der Waals surface area contributed by atoms with Crippen LogP contribution in [-0.2, 0) is 17.6 Å². The Hall–Kier alpha value is -3.28. The van der Waals surface area contributed by atoms with Crippen molar-refractivity contribution in [3.8, 4) is 22.8 Å². The molecule has 144 valence electrons. The first-order valence-electron chi connectivity index (χ1n) is 9.33. The predicted molar refractivity (Wildman–Crippen MR) is 108 cm³/mol. The molecular formula is C22H23N3O3. The summed E-state index contributed by atoms with van der Waals surface area (Å²) in [5, 5.41) is 10.2. The number of methoxy groups -OCH3 is 2. The molecule has 1 unspecified atom stereocenters. The highest BCUT2D eigenvalue weighted by molar-refractivity contribution is 5.92. The highest BCUT2D eigenvalue weighted by Gasteiger charge is 2.25. The number of aryl methyl sites for hydroxylation is 1. The summed E-state index contributed by atoms with van der Waals surface area (Å²) in [6.45, 7) is 0. The number of H-pyrrole nitrogens is 1. The van der Waals surface area contributed by atoms with Crippen LogP contribution < -0.4 is 14.8 Å². The lowest BCUT2D eigenvalue weighted by Gasteiger charge is -2.23. The van der Waals surface area contributed by atoms with Gasteiger partial charge in [0.25, 0.3) is 0 Å². The summed E-state index contributed by atoms with van der Waals surface area (Å²) >= 11 is 0. The fourth-order valence-corrected chi connectivity index (χ4v) is 3.69. The molecule has 1 aliphatic rings. The quantitative estimate of drug-likeness (QED) is 0.708. The van der Waals surface area contributed by atoms with Crippen molar-refractivity contribution in [2.24, 2.45) is 5.92 Å². The van der Waals surface area contributed by atoms with Gasteiger partial charge in [0.2, 0.25) is 5.91 Å². The summed E-state index contributed by atoms with van der Waals surface area (Å²) in [4.78, 5) is 12.7. The normalized spacial score (nSPS) is 15.6. The van der Waals surface area contributed by atoms with E-state index < -0.39 is 0 Å². The number of aromatic nitrogens is 2. The van der Waals surface area contributed by atoms with Gasteiger partial charge in [-0.2, -0.15) is 5.10 Å². The molecule has 1 amide bonds. The van der Waals surface area contributed by atoms with Gasteiger partial charge in [-0.15, -0.1) is 0 Å². The van der Waals surface area contributed by atoms with Crippen LogP contribution in [0.2, 0.25) is 0 Å². The molecule has 4 rings (SSSR count). The van der Waals surface area contributed by atoms with Gasteiger partial charge in [-0.1, -0.05) is 24.3 Å². The third-order valence-corrected chi connectivity index (χ3v) is 5.24. The summed E-state index contributed by atoms with van der Waals surface area (Å²) in [5.41, 5.74) is 4.31. The van der Waals surface area contributed by atoms with Crippen LogP contribution in [0.3, 0.4) is 0 Å². The molecule has 1 heterocycles. The van der Waals surface area contributed by atoms with Crippen molar-refractivity contribution >= 4 is 11.7 Å². The van der Waals surface area contributed by atoms with Gasteiger partial charge in [0.15, 0.2) is 17.3 Å². The fourth-order valence-electron chi connectivity index (χ4n) is 3.69. The number of hydrogen-bond acceptors (Lipinski definition) is 4. The third kappa shape index (κ3) is 3.58. The fraction of sp³-hybridized carbons (Fsp3) is 0.273. The van der Waals surface area contributed by atoms with Gasteiger partial charge in [0.1, 0.15) is 0 Å². The Morgan fingerprint density at radius 3 is 2.64 bits per heavy atom. The first-order chi connectivity index (χ1) is 13.7. The molecule has 28 heavy (non-hydrogen) atoms. The van der Waals surface area contributed by atoms with Crippen LogP contribution in [0.4, 0.5) is 5.82 Å². The van der Waals surface area contributed by atoms with E-state index in [0.717, 1.165) is 30.5 Å². The third-order valence-electron chi connectivity index (χ3n) is 5.24. The van der Waals surface area contributed by atoms with Gasteiger partial charge in [0.05, 0.1) is 19.9 Å². The zero-order valence-corrected chi connectivity index (χ0v) is 16.0. The molecule has 1 aliphatic carbocycles. The first kappa shape index (κ1) is 18.1. The number of fused-ring (bicyclic) bond motifs is 1. The average Bonchev–Trinajstić information content (AvgIpc) is 3.21. The lowest BCUT2D eigenvalue weighted by atomic mass is 9.83. The van der Waals surface area contributed by atoms with Crippen molar-refractivity contribution in [1.29, 1.82) is 0 Å². The maximum atomic E-state index is 12.7. The molecule has 3 aromatic rings. The van der Waals surface area contributed by atoms with Gasteiger partial charge in [-0.3, -0.25) is 9.89 Å². The number of anilines is 1. The number of amides is 1. The van der Waals surface area contributed by atoms with E-state index in [0.29, 0.717) is 17.3 Å². The highest BCUT2D eigenvalue weighted by atomic mass is 16.5. The average molecular weight is 377 g/mol. The molecule has 6 nitrogen and oxygen atoms in total. The monoisotopic (exact) mass is 377 g/mol. The van der Waals surface area contributed by atoms with Crippen molar-refractivity contribution < 1.29 is 14.3 Å². The number of rotatable bonds is 5. The van der Waals surface area contributed by atoms with E-state index >= 15 is 0 Å². The first-order valence-corrected chi connectivity index (χ1v) is 9.33. The SMILES string of the molecule is COc1ccc(-c2cc(NC(=O)C3CCc4ccccc4C3)n[nH]2)cc1OC. The van der Waals surface area contributed by atoms with Gasteiger partial charge in [-0.25, -0.2) is 0 Å². The van der Waals surface area contributed by atoms with Gasteiger partial charge >= 0.3 is 0 Å². The Morgan fingerprint density at radius 1 is 1.07 bits per heavy atom. The molecule has 1 atom stereocenters. The highest BCUT2D eigenvalue weighted by Crippen LogP contribution is 2.32.